The predicted molar refractivity (Wildman–Crippen MR) is 95.1 cm³/mol. The Bertz CT molecular complexity index is 1080. The number of carbonyl (C=O) groups is 1. The number of sulfone groups is 1. The van der Waals surface area contributed by atoms with Gasteiger partial charge in [0.05, 0.1) is 11.3 Å². The maximum absolute atomic E-state index is 13.1. The summed E-state index contributed by atoms with van der Waals surface area (Å²) in [5.41, 5.74) is 1.35. The standard InChI is InChI=1S/C17H18N4O4S/c1-11-10-12(8-9-14(22)23)21-17(19-11)15(16(18-2)20-21)26(24,25)13-6-4-3-5-7-13/h3-7,10H,8-9H2,1-2H3,(H,18,20)(H,22,23). The lowest BCUT2D eigenvalue weighted by atomic mass is 10.2. The fourth-order valence-corrected chi connectivity index (χ4v) is 4.26. The molecular formula is C17H18N4O4S. The quantitative estimate of drug-likeness (QED) is 0.677. The summed E-state index contributed by atoms with van der Waals surface area (Å²) in [7, 11) is -2.28. The molecule has 0 aliphatic carbocycles. The smallest absolute Gasteiger partial charge is 0.303 e. The molecule has 136 valence electrons. The fourth-order valence-electron chi connectivity index (χ4n) is 2.74. The molecular weight excluding hydrogens is 356 g/mol. The van der Waals surface area contributed by atoms with Crippen molar-refractivity contribution in [3.05, 3.63) is 47.8 Å². The van der Waals surface area contributed by atoms with Crippen LogP contribution in [0.1, 0.15) is 17.8 Å². The van der Waals surface area contributed by atoms with Crippen LogP contribution in [0.4, 0.5) is 5.82 Å². The van der Waals surface area contributed by atoms with Gasteiger partial charge in [0.15, 0.2) is 16.4 Å². The van der Waals surface area contributed by atoms with Gasteiger partial charge in [-0.2, -0.15) is 0 Å². The molecule has 2 aromatic heterocycles. The van der Waals surface area contributed by atoms with Crippen LogP contribution < -0.4 is 5.32 Å². The monoisotopic (exact) mass is 374 g/mol. The van der Waals surface area contributed by atoms with Gasteiger partial charge in [-0.05, 0) is 25.1 Å². The van der Waals surface area contributed by atoms with Gasteiger partial charge in [0, 0.05) is 24.9 Å². The van der Waals surface area contributed by atoms with E-state index in [-0.39, 0.29) is 34.1 Å². The Hall–Kier alpha value is -2.94. The highest BCUT2D eigenvalue weighted by atomic mass is 32.2. The molecule has 2 N–H and O–H groups in total. The third kappa shape index (κ3) is 3.13. The lowest BCUT2D eigenvalue weighted by Crippen LogP contribution is -2.07. The molecule has 0 saturated heterocycles. The number of rotatable bonds is 6. The number of hydrogen-bond donors (Lipinski definition) is 2. The zero-order valence-electron chi connectivity index (χ0n) is 14.3. The van der Waals surface area contributed by atoms with E-state index < -0.39 is 15.8 Å². The number of aryl methyl sites for hydroxylation is 2. The molecule has 0 atom stereocenters. The zero-order chi connectivity index (χ0) is 18.9. The summed E-state index contributed by atoms with van der Waals surface area (Å²) in [5.74, 6) is -0.769. The SMILES string of the molecule is CNc1nn2c(CCC(=O)O)cc(C)nc2c1S(=O)(=O)c1ccccc1. The van der Waals surface area contributed by atoms with E-state index in [1.165, 1.54) is 16.6 Å². The molecule has 2 heterocycles. The van der Waals surface area contributed by atoms with Crippen LogP contribution in [0.25, 0.3) is 5.65 Å². The van der Waals surface area contributed by atoms with Crippen molar-refractivity contribution in [2.75, 3.05) is 12.4 Å². The number of hydrogen-bond acceptors (Lipinski definition) is 6. The first-order chi connectivity index (χ1) is 12.3. The van der Waals surface area contributed by atoms with Crippen LogP contribution in [0, 0.1) is 6.92 Å². The van der Waals surface area contributed by atoms with Gasteiger partial charge in [0.2, 0.25) is 9.84 Å². The van der Waals surface area contributed by atoms with Crippen molar-refractivity contribution in [3.63, 3.8) is 0 Å². The average Bonchev–Trinajstić information content (AvgIpc) is 2.99. The molecule has 0 aliphatic rings. The Balaban J connectivity index is 2.27. The molecule has 1 aromatic carbocycles. The highest BCUT2D eigenvalue weighted by Crippen LogP contribution is 2.31. The molecule has 3 aromatic rings. The molecule has 9 heteroatoms. The second kappa shape index (κ2) is 6.75. The first kappa shape index (κ1) is 17.9. The number of anilines is 1. The number of nitrogens with one attached hydrogen (secondary N) is 1. The van der Waals surface area contributed by atoms with Crippen LogP contribution in [-0.2, 0) is 21.1 Å². The van der Waals surface area contributed by atoms with E-state index in [0.717, 1.165) is 0 Å². The van der Waals surface area contributed by atoms with Crippen molar-refractivity contribution in [1.29, 1.82) is 0 Å². The summed E-state index contributed by atoms with van der Waals surface area (Å²) in [5, 5.41) is 16.1. The predicted octanol–water partition coefficient (Wildman–Crippen LogP) is 1.93. The third-order valence-electron chi connectivity index (χ3n) is 3.90. The molecule has 0 radical (unpaired) electrons. The minimum Gasteiger partial charge on any atom is -0.481 e. The van der Waals surface area contributed by atoms with Crippen molar-refractivity contribution < 1.29 is 18.3 Å². The number of carboxylic acid groups (broad SMARTS) is 1. The number of nitrogens with zero attached hydrogens (tertiary/aromatic N) is 3. The summed E-state index contributed by atoms with van der Waals surface area (Å²) < 4.78 is 27.7. The molecule has 8 nitrogen and oxygen atoms in total. The molecule has 0 spiro atoms. The lowest BCUT2D eigenvalue weighted by molar-refractivity contribution is -0.136. The molecule has 3 rings (SSSR count). The topological polar surface area (TPSA) is 114 Å². The van der Waals surface area contributed by atoms with Crippen LogP contribution in [0.3, 0.4) is 0 Å². The molecule has 0 saturated carbocycles. The first-order valence-corrected chi connectivity index (χ1v) is 9.42. The molecule has 0 unspecified atom stereocenters. The third-order valence-corrected chi connectivity index (χ3v) is 5.71. The van der Waals surface area contributed by atoms with Crippen LogP contribution in [-0.4, -0.2) is 41.1 Å². The summed E-state index contributed by atoms with van der Waals surface area (Å²) in [4.78, 5) is 15.4. The molecule has 0 amide bonds. The number of aromatic nitrogens is 3. The second-order valence-corrected chi connectivity index (χ2v) is 7.65. The van der Waals surface area contributed by atoms with Crippen molar-refractivity contribution >= 4 is 27.3 Å². The minimum atomic E-state index is -3.85. The normalized spacial score (nSPS) is 11.6. The van der Waals surface area contributed by atoms with E-state index in [9.17, 15) is 13.2 Å². The zero-order valence-corrected chi connectivity index (χ0v) is 15.1. The van der Waals surface area contributed by atoms with Crippen LogP contribution in [0.2, 0.25) is 0 Å². The van der Waals surface area contributed by atoms with Crippen molar-refractivity contribution in [1.82, 2.24) is 14.6 Å². The van der Waals surface area contributed by atoms with E-state index in [1.54, 1.807) is 38.2 Å². The van der Waals surface area contributed by atoms with E-state index in [0.29, 0.717) is 11.4 Å². The van der Waals surface area contributed by atoms with Gasteiger partial charge in [0.25, 0.3) is 0 Å². The number of benzene rings is 1. The Morgan fingerprint density at radius 1 is 1.27 bits per heavy atom. The Kier molecular flexibility index (Phi) is 4.64. The van der Waals surface area contributed by atoms with E-state index >= 15 is 0 Å². The van der Waals surface area contributed by atoms with Crippen molar-refractivity contribution in [3.8, 4) is 0 Å². The number of fused-ring (bicyclic) bond motifs is 1. The van der Waals surface area contributed by atoms with E-state index in [4.69, 9.17) is 5.11 Å². The minimum absolute atomic E-state index is 0.0218. The Morgan fingerprint density at radius 3 is 2.58 bits per heavy atom. The summed E-state index contributed by atoms with van der Waals surface area (Å²) in [6.45, 7) is 1.73. The Labute approximate surface area is 150 Å². The number of aliphatic carboxylic acids is 1. The second-order valence-electron chi connectivity index (χ2n) is 5.76. The van der Waals surface area contributed by atoms with Gasteiger partial charge >= 0.3 is 5.97 Å². The highest BCUT2D eigenvalue weighted by molar-refractivity contribution is 7.91. The largest absolute Gasteiger partial charge is 0.481 e. The summed E-state index contributed by atoms with van der Waals surface area (Å²) >= 11 is 0. The summed E-state index contributed by atoms with van der Waals surface area (Å²) in [6.07, 6.45) is 0.124. The van der Waals surface area contributed by atoms with Gasteiger partial charge in [-0.15, -0.1) is 5.10 Å². The maximum atomic E-state index is 13.1. The van der Waals surface area contributed by atoms with E-state index in [2.05, 4.69) is 15.4 Å². The van der Waals surface area contributed by atoms with Crippen molar-refractivity contribution in [2.45, 2.75) is 29.6 Å². The van der Waals surface area contributed by atoms with Gasteiger partial charge in [-0.3, -0.25) is 4.79 Å². The highest BCUT2D eigenvalue weighted by Gasteiger charge is 2.29. The lowest BCUT2D eigenvalue weighted by Gasteiger charge is -2.07. The van der Waals surface area contributed by atoms with Crippen LogP contribution in [0.15, 0.2) is 46.2 Å². The fraction of sp³-hybridized carbons (Fsp3) is 0.235. The van der Waals surface area contributed by atoms with Gasteiger partial charge in [-0.25, -0.2) is 17.9 Å². The van der Waals surface area contributed by atoms with Crippen molar-refractivity contribution in [2.24, 2.45) is 0 Å². The first-order valence-electron chi connectivity index (χ1n) is 7.93. The number of carboxylic acids is 1. The molecule has 0 bridgehead atoms. The Morgan fingerprint density at radius 2 is 1.96 bits per heavy atom. The summed E-state index contributed by atoms with van der Waals surface area (Å²) in [6, 6.07) is 9.77. The van der Waals surface area contributed by atoms with Gasteiger partial charge in [0.1, 0.15) is 0 Å². The van der Waals surface area contributed by atoms with Crippen LogP contribution in [0.5, 0.6) is 0 Å². The molecule has 26 heavy (non-hydrogen) atoms. The van der Waals surface area contributed by atoms with Crippen LogP contribution >= 0.6 is 0 Å². The maximum Gasteiger partial charge on any atom is 0.303 e. The molecule has 0 aliphatic heterocycles. The van der Waals surface area contributed by atoms with E-state index in [1.807, 2.05) is 0 Å². The average molecular weight is 374 g/mol. The van der Waals surface area contributed by atoms with Gasteiger partial charge in [-0.1, -0.05) is 18.2 Å². The van der Waals surface area contributed by atoms with Gasteiger partial charge < -0.3 is 10.4 Å². The molecule has 0 fully saturated rings.